The summed E-state index contributed by atoms with van der Waals surface area (Å²) in [5.41, 5.74) is 2.01. The van der Waals surface area contributed by atoms with Crippen LogP contribution in [0.25, 0.3) is 0 Å². The minimum Gasteiger partial charge on any atom is -0.496 e. The van der Waals surface area contributed by atoms with Crippen molar-refractivity contribution in [2.45, 2.75) is 18.2 Å². The minimum absolute atomic E-state index is 0. The van der Waals surface area contributed by atoms with Crippen LogP contribution in [-0.4, -0.2) is 35.0 Å². The molecular formula is C24H25Cl2NO6S. The van der Waals surface area contributed by atoms with Gasteiger partial charge in [0.15, 0.2) is 0 Å². The molecule has 0 aliphatic carbocycles. The van der Waals surface area contributed by atoms with Gasteiger partial charge in [0.1, 0.15) is 28.8 Å². The van der Waals surface area contributed by atoms with E-state index in [-0.39, 0.29) is 28.1 Å². The summed E-state index contributed by atoms with van der Waals surface area (Å²) in [5.74, 6) is 0.871. The molecule has 3 aromatic rings. The van der Waals surface area contributed by atoms with Crippen molar-refractivity contribution in [3.63, 3.8) is 0 Å². The molecular weight excluding hydrogens is 501 g/mol. The van der Waals surface area contributed by atoms with Gasteiger partial charge in [-0.15, -0.1) is 12.4 Å². The van der Waals surface area contributed by atoms with E-state index < -0.39 is 10.1 Å². The molecule has 0 amide bonds. The van der Waals surface area contributed by atoms with Gasteiger partial charge in [0, 0.05) is 24.6 Å². The lowest BCUT2D eigenvalue weighted by Gasteiger charge is -2.12. The van der Waals surface area contributed by atoms with Gasteiger partial charge in [-0.05, 0) is 30.2 Å². The smallest absolute Gasteiger partial charge is 0.340 e. The first-order valence-corrected chi connectivity index (χ1v) is 11.9. The highest BCUT2D eigenvalue weighted by atomic mass is 35.5. The Hall–Kier alpha value is -2.94. The van der Waals surface area contributed by atoms with Crippen LogP contribution in [0.2, 0.25) is 5.02 Å². The maximum Gasteiger partial charge on any atom is 0.340 e. The molecule has 0 aliphatic rings. The largest absolute Gasteiger partial charge is 0.496 e. The quantitative estimate of drug-likeness (QED) is 0.186. The first kappa shape index (κ1) is 27.3. The van der Waals surface area contributed by atoms with E-state index in [0.717, 1.165) is 11.1 Å². The van der Waals surface area contributed by atoms with Gasteiger partial charge < -0.3 is 18.5 Å². The molecule has 0 aromatic heterocycles. The second-order valence-corrected chi connectivity index (χ2v) is 8.73. The van der Waals surface area contributed by atoms with Gasteiger partial charge in [0.05, 0.1) is 25.0 Å². The molecule has 10 heteroatoms. The molecule has 0 saturated carbocycles. The fraction of sp³-hybridized carbons (Fsp3) is 0.208. The van der Waals surface area contributed by atoms with E-state index in [1.165, 1.54) is 31.4 Å². The molecule has 0 aliphatic heterocycles. The lowest BCUT2D eigenvalue weighted by Crippen LogP contribution is -2.10. The Kier molecular flexibility index (Phi) is 10.5. The fourth-order valence-electron chi connectivity index (χ4n) is 2.84. The molecule has 0 N–H and O–H groups in total. The monoisotopic (exact) mass is 525 g/mol. The highest BCUT2D eigenvalue weighted by Crippen LogP contribution is 2.31. The van der Waals surface area contributed by atoms with Crippen LogP contribution >= 0.6 is 24.0 Å². The molecule has 0 unspecified atom stereocenters. The number of benzene rings is 3. The maximum atomic E-state index is 12.6. The Balaban J connectivity index is 0.00000408. The van der Waals surface area contributed by atoms with Gasteiger partial charge in [0.2, 0.25) is 0 Å². The molecule has 3 aromatic carbocycles. The van der Waals surface area contributed by atoms with E-state index in [2.05, 4.69) is 5.16 Å². The molecule has 0 bridgehead atoms. The number of hydrogen-bond acceptors (Lipinski definition) is 7. The van der Waals surface area contributed by atoms with Gasteiger partial charge >= 0.3 is 10.1 Å². The molecule has 182 valence electrons. The zero-order chi connectivity index (χ0) is 23.7. The fourth-order valence-corrected chi connectivity index (χ4v) is 4.25. The van der Waals surface area contributed by atoms with Crippen molar-refractivity contribution in [3.05, 3.63) is 82.9 Å². The third-order valence-electron chi connectivity index (χ3n) is 4.45. The molecule has 0 heterocycles. The van der Waals surface area contributed by atoms with E-state index in [0.29, 0.717) is 31.1 Å². The van der Waals surface area contributed by atoms with Crippen LogP contribution in [0.1, 0.15) is 18.1 Å². The summed E-state index contributed by atoms with van der Waals surface area (Å²) in [4.78, 5) is 4.84. The standard InChI is InChI=1S/C24H24ClNO6S.ClH/c1-3-31-26-17-19-10-8-18(9-11-19)12-13-30-21-14-20(29-2)15-22(16-21)32-33(27,28)24-7-5-4-6-23(24)25;/h4-11,14-17H,3,12-13H2,1-2H3;1H/b26-17+;. The number of oxime groups is 1. The zero-order valence-electron chi connectivity index (χ0n) is 18.6. The van der Waals surface area contributed by atoms with E-state index in [9.17, 15) is 8.42 Å². The van der Waals surface area contributed by atoms with E-state index in [1.54, 1.807) is 24.4 Å². The summed E-state index contributed by atoms with van der Waals surface area (Å²) in [7, 11) is -2.65. The normalized spacial score (nSPS) is 11.0. The van der Waals surface area contributed by atoms with Crippen LogP contribution in [0.3, 0.4) is 0 Å². The van der Waals surface area contributed by atoms with Crippen molar-refractivity contribution in [2.75, 3.05) is 20.3 Å². The number of methoxy groups -OCH3 is 1. The van der Waals surface area contributed by atoms with Gasteiger partial charge in [-0.3, -0.25) is 0 Å². The Morgan fingerprint density at radius 3 is 2.32 bits per heavy atom. The van der Waals surface area contributed by atoms with E-state index in [4.69, 9.17) is 30.1 Å². The second kappa shape index (κ2) is 13.1. The Morgan fingerprint density at radius 1 is 0.971 bits per heavy atom. The van der Waals surface area contributed by atoms with Crippen molar-refractivity contribution in [1.82, 2.24) is 0 Å². The summed E-state index contributed by atoms with van der Waals surface area (Å²) in [6.45, 7) is 2.76. The highest BCUT2D eigenvalue weighted by Gasteiger charge is 2.20. The van der Waals surface area contributed by atoms with Crippen LogP contribution in [-0.2, 0) is 21.4 Å². The van der Waals surface area contributed by atoms with Crippen LogP contribution in [0.4, 0.5) is 0 Å². The third kappa shape index (κ3) is 7.83. The number of ether oxygens (including phenoxy) is 2. The summed E-state index contributed by atoms with van der Waals surface area (Å²) in [6.07, 6.45) is 2.30. The predicted molar refractivity (Wildman–Crippen MR) is 134 cm³/mol. The van der Waals surface area contributed by atoms with Crippen LogP contribution in [0.15, 0.2) is 76.8 Å². The minimum atomic E-state index is -4.12. The van der Waals surface area contributed by atoms with Crippen molar-refractivity contribution in [1.29, 1.82) is 0 Å². The van der Waals surface area contributed by atoms with Crippen LogP contribution < -0.4 is 13.7 Å². The second-order valence-electron chi connectivity index (χ2n) is 6.80. The lowest BCUT2D eigenvalue weighted by molar-refractivity contribution is 0.160. The molecule has 0 spiro atoms. The average Bonchev–Trinajstić information content (AvgIpc) is 2.80. The average molecular weight is 526 g/mol. The van der Waals surface area contributed by atoms with Crippen LogP contribution in [0, 0.1) is 0 Å². The number of halogens is 2. The molecule has 0 radical (unpaired) electrons. The SMILES string of the molecule is CCO/N=C/c1ccc(CCOc2cc(OC)cc(OS(=O)(=O)c3ccccc3Cl)c2)cc1.Cl. The Bertz CT molecular complexity index is 1200. The van der Waals surface area contributed by atoms with Gasteiger partial charge in [0.25, 0.3) is 0 Å². The van der Waals surface area contributed by atoms with Crippen molar-refractivity contribution < 1.29 is 26.9 Å². The number of nitrogens with zero attached hydrogens (tertiary/aromatic N) is 1. The Morgan fingerprint density at radius 2 is 1.65 bits per heavy atom. The number of hydrogen-bond donors (Lipinski definition) is 0. The van der Waals surface area contributed by atoms with Crippen molar-refractivity contribution in [3.8, 4) is 17.2 Å². The lowest BCUT2D eigenvalue weighted by atomic mass is 10.1. The topological polar surface area (TPSA) is 83.4 Å². The Labute approximate surface area is 210 Å². The summed E-state index contributed by atoms with van der Waals surface area (Å²) >= 11 is 6.01. The summed E-state index contributed by atoms with van der Waals surface area (Å²) in [6, 6.07) is 18.5. The zero-order valence-corrected chi connectivity index (χ0v) is 21.0. The molecule has 0 fully saturated rings. The van der Waals surface area contributed by atoms with E-state index in [1.807, 2.05) is 31.2 Å². The predicted octanol–water partition coefficient (Wildman–Crippen LogP) is 5.53. The summed E-state index contributed by atoms with van der Waals surface area (Å²) < 4.78 is 41.6. The van der Waals surface area contributed by atoms with Crippen molar-refractivity contribution in [2.24, 2.45) is 5.16 Å². The molecule has 0 atom stereocenters. The van der Waals surface area contributed by atoms with E-state index >= 15 is 0 Å². The molecule has 34 heavy (non-hydrogen) atoms. The first-order chi connectivity index (χ1) is 15.9. The molecule has 0 saturated heterocycles. The first-order valence-electron chi connectivity index (χ1n) is 10.2. The third-order valence-corrected chi connectivity index (χ3v) is 6.19. The maximum absolute atomic E-state index is 12.6. The molecule has 3 rings (SSSR count). The summed E-state index contributed by atoms with van der Waals surface area (Å²) in [5, 5.41) is 3.92. The highest BCUT2D eigenvalue weighted by molar-refractivity contribution is 7.87. The van der Waals surface area contributed by atoms with Gasteiger partial charge in [-0.2, -0.15) is 8.42 Å². The van der Waals surface area contributed by atoms with Gasteiger partial charge in [-0.1, -0.05) is 53.2 Å². The number of rotatable bonds is 11. The molecule has 7 nitrogen and oxygen atoms in total. The van der Waals surface area contributed by atoms with Gasteiger partial charge in [-0.25, -0.2) is 0 Å². The van der Waals surface area contributed by atoms with Crippen LogP contribution in [0.5, 0.6) is 17.2 Å². The van der Waals surface area contributed by atoms with Crippen molar-refractivity contribution >= 4 is 40.3 Å².